The first-order chi connectivity index (χ1) is 13.1. The van der Waals surface area contributed by atoms with Crippen LogP contribution in [0, 0.1) is 5.92 Å². The minimum atomic E-state index is -4.59. The number of halogens is 3. The van der Waals surface area contributed by atoms with Gasteiger partial charge in [-0.25, -0.2) is 0 Å². The maximum absolute atomic E-state index is 12.5. The highest BCUT2D eigenvalue weighted by molar-refractivity contribution is 5.80. The Morgan fingerprint density at radius 1 is 1.18 bits per heavy atom. The number of ether oxygens (including phenoxy) is 1. The molecule has 6 nitrogen and oxygen atoms in total. The van der Waals surface area contributed by atoms with Gasteiger partial charge in [0.15, 0.2) is 12.3 Å². The van der Waals surface area contributed by atoms with E-state index >= 15 is 0 Å². The van der Waals surface area contributed by atoms with E-state index in [1.165, 1.54) is 0 Å². The van der Waals surface area contributed by atoms with Crippen LogP contribution in [0.2, 0.25) is 0 Å². The topological polar surface area (TPSA) is 73.2 Å². The molecule has 1 heterocycles. The Kier molecular flexibility index (Phi) is 7.19. The Balaban J connectivity index is 1.86. The van der Waals surface area contributed by atoms with Gasteiger partial charge >= 0.3 is 12.1 Å². The Morgan fingerprint density at radius 2 is 1.86 bits per heavy atom. The maximum atomic E-state index is 12.5. The fourth-order valence-electron chi connectivity index (χ4n) is 2.60. The number of esters is 1. The first kappa shape index (κ1) is 21.5. The average Bonchev–Trinajstić information content (AvgIpc) is 3.09. The molecule has 2 rings (SSSR count). The molecule has 1 unspecified atom stereocenters. The van der Waals surface area contributed by atoms with Crippen molar-refractivity contribution in [3.05, 3.63) is 53.9 Å². The van der Waals surface area contributed by atoms with Gasteiger partial charge in [-0.2, -0.15) is 18.3 Å². The molecule has 1 aromatic heterocycles. The first-order valence-corrected chi connectivity index (χ1v) is 8.75. The van der Waals surface area contributed by atoms with Crippen LogP contribution in [-0.4, -0.2) is 28.3 Å². The molecule has 0 radical (unpaired) electrons. The molecule has 1 N–H and O–H groups in total. The van der Waals surface area contributed by atoms with E-state index in [4.69, 9.17) is 4.74 Å². The van der Waals surface area contributed by atoms with Gasteiger partial charge in [0.25, 0.3) is 5.91 Å². The van der Waals surface area contributed by atoms with E-state index in [0.29, 0.717) is 12.3 Å². The van der Waals surface area contributed by atoms with Crippen molar-refractivity contribution in [1.82, 2.24) is 15.1 Å². The Hall–Kier alpha value is -2.84. The van der Waals surface area contributed by atoms with Gasteiger partial charge in [-0.3, -0.25) is 14.3 Å². The summed E-state index contributed by atoms with van der Waals surface area (Å²) in [6, 6.07) is 9.94. The third-order valence-corrected chi connectivity index (χ3v) is 3.83. The molecule has 0 fully saturated rings. The third kappa shape index (κ3) is 6.71. The average molecular weight is 397 g/mol. The minimum Gasteiger partial charge on any atom is -0.454 e. The molecule has 2 aromatic rings. The summed E-state index contributed by atoms with van der Waals surface area (Å²) in [7, 11) is 0. The number of rotatable bonds is 8. The maximum Gasteiger partial charge on any atom is 0.435 e. The van der Waals surface area contributed by atoms with Gasteiger partial charge in [-0.15, -0.1) is 0 Å². The van der Waals surface area contributed by atoms with Crippen LogP contribution >= 0.6 is 0 Å². The summed E-state index contributed by atoms with van der Waals surface area (Å²) in [6.07, 6.45) is -2.85. The number of benzene rings is 1. The van der Waals surface area contributed by atoms with Crippen molar-refractivity contribution in [1.29, 1.82) is 0 Å². The smallest absolute Gasteiger partial charge is 0.435 e. The summed E-state index contributed by atoms with van der Waals surface area (Å²) < 4.78 is 43.2. The molecule has 0 bridgehead atoms. The van der Waals surface area contributed by atoms with Crippen molar-refractivity contribution in [2.75, 3.05) is 6.61 Å². The van der Waals surface area contributed by atoms with Crippen molar-refractivity contribution < 1.29 is 27.5 Å². The second kappa shape index (κ2) is 9.38. The van der Waals surface area contributed by atoms with Crippen molar-refractivity contribution >= 4 is 11.9 Å². The highest BCUT2D eigenvalue weighted by Gasteiger charge is 2.33. The molecule has 0 aliphatic carbocycles. The number of amides is 1. The van der Waals surface area contributed by atoms with Gasteiger partial charge in [0.05, 0.1) is 6.04 Å². The van der Waals surface area contributed by atoms with Crippen LogP contribution in [0.5, 0.6) is 0 Å². The summed E-state index contributed by atoms with van der Waals surface area (Å²) in [6.45, 7) is 3.02. The lowest BCUT2D eigenvalue weighted by atomic mass is 9.97. The highest BCUT2D eigenvalue weighted by atomic mass is 19.4. The van der Waals surface area contributed by atoms with Crippen molar-refractivity contribution in [2.45, 2.75) is 39.0 Å². The van der Waals surface area contributed by atoms with E-state index < -0.39 is 36.9 Å². The van der Waals surface area contributed by atoms with Crippen molar-refractivity contribution in [2.24, 2.45) is 5.92 Å². The monoisotopic (exact) mass is 397 g/mol. The fourth-order valence-corrected chi connectivity index (χ4v) is 2.60. The normalized spacial score (nSPS) is 12.6. The molecule has 0 spiro atoms. The summed E-state index contributed by atoms with van der Waals surface area (Å²) >= 11 is 0. The predicted molar refractivity (Wildman–Crippen MR) is 95.0 cm³/mol. The Labute approximate surface area is 160 Å². The van der Waals surface area contributed by atoms with Gasteiger partial charge < -0.3 is 10.1 Å². The van der Waals surface area contributed by atoms with Crippen LogP contribution < -0.4 is 5.32 Å². The molecule has 1 aromatic carbocycles. The zero-order valence-electron chi connectivity index (χ0n) is 15.6. The molecule has 0 aliphatic rings. The van der Waals surface area contributed by atoms with Crippen LogP contribution in [0.3, 0.4) is 0 Å². The van der Waals surface area contributed by atoms with Gasteiger partial charge in [-0.05, 0) is 24.0 Å². The summed E-state index contributed by atoms with van der Waals surface area (Å²) in [5, 5.41) is 6.08. The van der Waals surface area contributed by atoms with E-state index in [1.54, 1.807) is 0 Å². The van der Waals surface area contributed by atoms with E-state index in [2.05, 4.69) is 10.4 Å². The van der Waals surface area contributed by atoms with Gasteiger partial charge in [0, 0.05) is 6.20 Å². The molecule has 9 heteroatoms. The SMILES string of the molecule is CC(C)CC(NC(=O)COC(=O)Cn1ccc(C(F)(F)F)n1)c1ccccc1. The van der Waals surface area contributed by atoms with Crippen molar-refractivity contribution in [3.8, 4) is 0 Å². The lowest BCUT2D eigenvalue weighted by molar-refractivity contribution is -0.150. The highest BCUT2D eigenvalue weighted by Crippen LogP contribution is 2.27. The van der Waals surface area contributed by atoms with Crippen LogP contribution in [0.4, 0.5) is 13.2 Å². The number of nitrogens with one attached hydrogen (secondary N) is 1. The van der Waals surface area contributed by atoms with Crippen LogP contribution in [0.15, 0.2) is 42.6 Å². The van der Waals surface area contributed by atoms with E-state index in [-0.39, 0.29) is 6.04 Å². The molecular weight excluding hydrogens is 375 g/mol. The van der Waals surface area contributed by atoms with Crippen LogP contribution in [-0.2, 0) is 27.0 Å². The first-order valence-electron chi connectivity index (χ1n) is 8.75. The lowest BCUT2D eigenvalue weighted by Gasteiger charge is -2.21. The van der Waals surface area contributed by atoms with E-state index in [0.717, 1.165) is 22.5 Å². The van der Waals surface area contributed by atoms with E-state index in [1.807, 2.05) is 44.2 Å². The number of aromatic nitrogens is 2. The standard InChI is InChI=1S/C19H22F3N3O3/c1-13(2)10-15(14-6-4-3-5-7-14)23-17(26)12-28-18(27)11-25-9-8-16(24-25)19(20,21)22/h3-9,13,15H,10-12H2,1-2H3,(H,23,26). The second-order valence-corrected chi connectivity index (χ2v) is 6.72. The molecule has 1 atom stereocenters. The molecule has 0 aliphatic heterocycles. The number of hydrogen-bond donors (Lipinski definition) is 1. The fraction of sp³-hybridized carbons (Fsp3) is 0.421. The number of alkyl halides is 3. The minimum absolute atomic E-state index is 0.229. The third-order valence-electron chi connectivity index (χ3n) is 3.83. The van der Waals surface area contributed by atoms with Gasteiger partial charge in [0.1, 0.15) is 6.54 Å². The lowest BCUT2D eigenvalue weighted by Crippen LogP contribution is -2.33. The quantitative estimate of drug-likeness (QED) is 0.694. The Morgan fingerprint density at radius 3 is 2.43 bits per heavy atom. The summed E-state index contributed by atoms with van der Waals surface area (Å²) in [4.78, 5) is 23.9. The number of nitrogens with zero attached hydrogens (tertiary/aromatic N) is 2. The van der Waals surface area contributed by atoms with Crippen molar-refractivity contribution in [3.63, 3.8) is 0 Å². The predicted octanol–water partition coefficient (Wildman–Crippen LogP) is 3.35. The molecule has 0 saturated carbocycles. The Bertz CT molecular complexity index is 788. The van der Waals surface area contributed by atoms with Gasteiger partial charge in [0.2, 0.25) is 0 Å². The second-order valence-electron chi connectivity index (χ2n) is 6.72. The molecule has 0 saturated heterocycles. The molecular formula is C19H22F3N3O3. The molecule has 1 amide bonds. The number of carbonyl (C=O) groups excluding carboxylic acids is 2. The molecule has 152 valence electrons. The zero-order chi connectivity index (χ0) is 20.7. The van der Waals surface area contributed by atoms with E-state index in [9.17, 15) is 22.8 Å². The largest absolute Gasteiger partial charge is 0.454 e. The summed E-state index contributed by atoms with van der Waals surface area (Å²) in [5.74, 6) is -1.01. The number of carbonyl (C=O) groups is 2. The summed E-state index contributed by atoms with van der Waals surface area (Å²) in [5.41, 5.74) is -0.162. The molecule has 28 heavy (non-hydrogen) atoms. The van der Waals surface area contributed by atoms with Crippen LogP contribution in [0.25, 0.3) is 0 Å². The zero-order valence-corrected chi connectivity index (χ0v) is 15.6. The number of hydrogen-bond acceptors (Lipinski definition) is 4. The van der Waals surface area contributed by atoms with Crippen LogP contribution in [0.1, 0.15) is 37.6 Å². The van der Waals surface area contributed by atoms with Gasteiger partial charge in [-0.1, -0.05) is 44.2 Å².